The Kier molecular flexibility index (Phi) is 4.67. The van der Waals surface area contributed by atoms with E-state index in [9.17, 15) is 16.8 Å². The molecule has 0 aliphatic carbocycles. The number of hydrogen-bond donors (Lipinski definition) is 0. The maximum absolute atomic E-state index is 12.2. The first-order valence-electron chi connectivity index (χ1n) is 6.92. The van der Waals surface area contributed by atoms with Crippen LogP contribution in [0.2, 0.25) is 0 Å². The molecular formula is C15H20O5S2. The van der Waals surface area contributed by atoms with Gasteiger partial charge in [0.2, 0.25) is 0 Å². The minimum absolute atomic E-state index is 0.168. The van der Waals surface area contributed by atoms with Gasteiger partial charge in [0, 0.05) is 0 Å². The van der Waals surface area contributed by atoms with E-state index in [2.05, 4.69) is 0 Å². The molecule has 7 heteroatoms. The van der Waals surface area contributed by atoms with Crippen molar-refractivity contribution >= 4 is 25.2 Å². The van der Waals surface area contributed by atoms with Gasteiger partial charge >= 0.3 is 0 Å². The van der Waals surface area contributed by atoms with Gasteiger partial charge in [0.25, 0.3) is 0 Å². The van der Waals surface area contributed by atoms with Crippen LogP contribution in [0.4, 0.5) is 0 Å². The van der Waals surface area contributed by atoms with Crippen LogP contribution in [-0.2, 0) is 24.4 Å². The van der Waals surface area contributed by atoms with Crippen molar-refractivity contribution in [2.45, 2.75) is 18.6 Å². The van der Waals surface area contributed by atoms with Crippen LogP contribution in [0, 0.1) is 0 Å². The van der Waals surface area contributed by atoms with Crippen LogP contribution in [0.1, 0.15) is 19.4 Å². The molecule has 1 aromatic carbocycles. The number of benzene rings is 1. The first-order valence-corrected chi connectivity index (χ1v) is 10.4. The molecule has 0 spiro atoms. The molecule has 1 heterocycles. The summed E-state index contributed by atoms with van der Waals surface area (Å²) in [7, 11) is -6.83. The second kappa shape index (κ2) is 6.04. The van der Waals surface area contributed by atoms with Gasteiger partial charge in [-0.05, 0) is 25.0 Å². The highest BCUT2D eigenvalue weighted by molar-refractivity contribution is 7.99. The number of rotatable bonds is 4. The Hall–Kier alpha value is -1.34. The Morgan fingerprint density at radius 2 is 1.82 bits per heavy atom. The van der Waals surface area contributed by atoms with Gasteiger partial charge in [-0.25, -0.2) is 16.8 Å². The fourth-order valence-corrected chi connectivity index (χ4v) is 7.40. The predicted molar refractivity (Wildman–Crippen MR) is 86.9 cm³/mol. The Balaban J connectivity index is 2.12. The molecule has 5 nitrogen and oxygen atoms in total. The lowest BCUT2D eigenvalue weighted by Crippen LogP contribution is -2.52. The summed E-state index contributed by atoms with van der Waals surface area (Å²) in [6, 6.07) is 9.52. The van der Waals surface area contributed by atoms with Crippen LogP contribution in [0.3, 0.4) is 0 Å². The van der Waals surface area contributed by atoms with Crippen molar-refractivity contribution in [3.8, 4) is 0 Å². The van der Waals surface area contributed by atoms with E-state index in [4.69, 9.17) is 4.74 Å². The molecule has 1 saturated heterocycles. The van der Waals surface area contributed by atoms with Crippen molar-refractivity contribution in [2.24, 2.45) is 0 Å². The van der Waals surface area contributed by atoms with Crippen molar-refractivity contribution in [1.29, 1.82) is 0 Å². The third-order valence-corrected chi connectivity index (χ3v) is 8.67. The van der Waals surface area contributed by atoms with Gasteiger partial charge in [-0.3, -0.25) is 0 Å². The predicted octanol–water partition coefficient (Wildman–Crippen LogP) is 1.67. The molecule has 2 rings (SSSR count). The first kappa shape index (κ1) is 17.0. The highest BCUT2D eigenvalue weighted by Gasteiger charge is 2.47. The van der Waals surface area contributed by atoms with Crippen LogP contribution in [-0.4, -0.2) is 45.4 Å². The van der Waals surface area contributed by atoms with Gasteiger partial charge in [-0.15, -0.1) is 0 Å². The van der Waals surface area contributed by atoms with Crippen LogP contribution < -0.4 is 0 Å². The fourth-order valence-electron chi connectivity index (χ4n) is 2.35. The van der Waals surface area contributed by atoms with Crippen molar-refractivity contribution in [1.82, 2.24) is 0 Å². The van der Waals surface area contributed by atoms with E-state index in [-0.39, 0.29) is 23.9 Å². The molecule has 0 radical (unpaired) electrons. The van der Waals surface area contributed by atoms with Crippen molar-refractivity contribution in [3.63, 3.8) is 0 Å². The van der Waals surface area contributed by atoms with Gasteiger partial charge in [0.05, 0.1) is 23.5 Å². The maximum Gasteiger partial charge on any atom is 0.161 e. The lowest BCUT2D eigenvalue weighted by Gasteiger charge is -2.32. The van der Waals surface area contributed by atoms with Gasteiger partial charge in [-0.1, -0.05) is 30.3 Å². The molecule has 0 saturated carbocycles. The van der Waals surface area contributed by atoms with Crippen LogP contribution >= 0.6 is 0 Å². The zero-order valence-electron chi connectivity index (χ0n) is 12.7. The van der Waals surface area contributed by atoms with E-state index in [1.165, 1.54) is 13.2 Å². The van der Waals surface area contributed by atoms with E-state index < -0.39 is 24.4 Å². The van der Waals surface area contributed by atoms with E-state index in [1.807, 2.05) is 37.3 Å². The zero-order valence-corrected chi connectivity index (χ0v) is 14.3. The van der Waals surface area contributed by atoms with Crippen LogP contribution in [0.15, 0.2) is 36.6 Å². The van der Waals surface area contributed by atoms with Crippen molar-refractivity contribution in [2.75, 3.05) is 23.9 Å². The summed E-state index contributed by atoms with van der Waals surface area (Å²) in [5.41, 5.74) is 1.81. The minimum Gasteiger partial charge on any atom is -0.499 e. The number of allylic oxidation sites excluding steroid dienone is 1. The van der Waals surface area contributed by atoms with E-state index in [0.29, 0.717) is 0 Å². The molecule has 1 aliphatic heterocycles. The second-order valence-corrected chi connectivity index (χ2v) is 10.6. The third kappa shape index (κ3) is 3.70. The van der Waals surface area contributed by atoms with Crippen molar-refractivity contribution in [3.05, 3.63) is 42.2 Å². The topological polar surface area (TPSA) is 77.5 Å². The molecule has 1 fully saturated rings. The first-order chi connectivity index (χ1) is 10.2. The third-order valence-electron chi connectivity index (χ3n) is 3.82. The summed E-state index contributed by atoms with van der Waals surface area (Å²) < 4.78 is 51.8. The van der Waals surface area contributed by atoms with E-state index in [1.54, 1.807) is 0 Å². The minimum atomic E-state index is -3.49. The van der Waals surface area contributed by atoms with Gasteiger partial charge in [0.1, 0.15) is 11.4 Å². The molecule has 122 valence electrons. The number of ether oxygens (including phenoxy) is 1. The summed E-state index contributed by atoms with van der Waals surface area (Å²) in [5, 5.41) is 0. The molecular weight excluding hydrogens is 324 g/mol. The molecule has 22 heavy (non-hydrogen) atoms. The SMILES string of the molecule is C/C(=C/OCC1(C)CS(=O)(=O)CCS1(=O)=O)c1ccccc1. The van der Waals surface area contributed by atoms with E-state index >= 15 is 0 Å². The standard InChI is InChI=1S/C15H20O5S2/c1-13(14-6-4-3-5-7-14)10-20-11-15(2)12-21(16,17)8-9-22(15,18)19/h3-7,10H,8-9,11-12H2,1-2H3/b13-10-. The molecule has 0 bridgehead atoms. The smallest absolute Gasteiger partial charge is 0.161 e. The highest BCUT2D eigenvalue weighted by atomic mass is 32.2. The fraction of sp³-hybridized carbons (Fsp3) is 0.467. The highest BCUT2D eigenvalue weighted by Crippen LogP contribution is 2.27. The number of sulfone groups is 2. The monoisotopic (exact) mass is 344 g/mol. The van der Waals surface area contributed by atoms with Crippen LogP contribution in [0.25, 0.3) is 5.57 Å². The summed E-state index contributed by atoms with van der Waals surface area (Å²) >= 11 is 0. The average Bonchev–Trinajstić information content (AvgIpc) is 2.44. The van der Waals surface area contributed by atoms with Gasteiger partial charge in [0.15, 0.2) is 19.7 Å². The maximum atomic E-state index is 12.2. The normalized spacial score (nSPS) is 27.3. The summed E-state index contributed by atoms with van der Waals surface area (Å²) in [6.45, 7) is 3.12. The number of hydrogen-bond acceptors (Lipinski definition) is 5. The average molecular weight is 344 g/mol. The Labute approximate surface area is 131 Å². The Morgan fingerprint density at radius 3 is 2.45 bits per heavy atom. The lowest BCUT2D eigenvalue weighted by atomic mass is 10.1. The quantitative estimate of drug-likeness (QED) is 0.777. The lowest BCUT2D eigenvalue weighted by molar-refractivity contribution is 0.222. The molecule has 1 atom stereocenters. The molecule has 0 N–H and O–H groups in total. The summed E-state index contributed by atoms with van der Waals surface area (Å²) in [4.78, 5) is 0. The van der Waals surface area contributed by atoms with Crippen molar-refractivity contribution < 1.29 is 21.6 Å². The summed E-state index contributed by atoms with van der Waals surface area (Å²) in [5.74, 6) is -1.03. The Bertz CT molecular complexity index is 763. The second-order valence-electron chi connectivity index (χ2n) is 5.84. The Morgan fingerprint density at radius 1 is 1.18 bits per heavy atom. The van der Waals surface area contributed by atoms with Crippen LogP contribution in [0.5, 0.6) is 0 Å². The van der Waals surface area contributed by atoms with Gasteiger partial charge < -0.3 is 4.74 Å². The van der Waals surface area contributed by atoms with E-state index in [0.717, 1.165) is 11.1 Å². The molecule has 1 unspecified atom stereocenters. The van der Waals surface area contributed by atoms with Gasteiger partial charge in [-0.2, -0.15) is 0 Å². The largest absolute Gasteiger partial charge is 0.499 e. The molecule has 0 aromatic heterocycles. The molecule has 0 amide bonds. The molecule has 1 aliphatic rings. The zero-order chi connectivity index (χ0) is 16.4. The molecule has 1 aromatic rings. The summed E-state index contributed by atoms with van der Waals surface area (Å²) in [6.07, 6.45) is 1.48.